The van der Waals surface area contributed by atoms with E-state index in [1.54, 1.807) is 0 Å². The van der Waals surface area contributed by atoms with Crippen molar-refractivity contribution in [3.05, 3.63) is 70.7 Å². The third kappa shape index (κ3) is 5.02. The monoisotopic (exact) mass is 344 g/mol. The molecule has 0 saturated heterocycles. The molecular weight excluding hydrogens is 324 g/mol. The number of halogens is 1. The highest BCUT2D eigenvalue weighted by molar-refractivity contribution is 8.13. The van der Waals surface area contributed by atoms with E-state index in [9.17, 15) is 0 Å². The van der Waals surface area contributed by atoms with Crippen LogP contribution in [0, 0.1) is 0 Å². The van der Waals surface area contributed by atoms with Gasteiger partial charge in [-0.25, -0.2) is 0 Å². The number of aliphatic imine (C=N–C) groups is 1. The van der Waals surface area contributed by atoms with Crippen molar-refractivity contribution in [2.24, 2.45) is 4.99 Å². The molecule has 1 aliphatic heterocycles. The fraction of sp³-hybridized carbons (Fsp3) is 0.316. The molecule has 0 atom stereocenters. The molecular formula is C19H21ClN2S. The average Bonchev–Trinajstić information content (AvgIpc) is 2.62. The van der Waals surface area contributed by atoms with E-state index in [0.29, 0.717) is 0 Å². The summed E-state index contributed by atoms with van der Waals surface area (Å²) in [5, 5.41) is 1.97. The Bertz CT molecular complexity index is 640. The third-order valence-corrected chi connectivity index (χ3v) is 5.24. The first-order valence-corrected chi connectivity index (χ1v) is 9.38. The molecule has 0 saturated carbocycles. The Kier molecular flexibility index (Phi) is 6.00. The maximum absolute atomic E-state index is 6.00. The van der Waals surface area contributed by atoms with Gasteiger partial charge < -0.3 is 4.90 Å². The molecule has 0 N–H and O–H groups in total. The van der Waals surface area contributed by atoms with Gasteiger partial charge in [0.25, 0.3) is 0 Å². The minimum Gasteiger partial charge on any atom is -0.347 e. The van der Waals surface area contributed by atoms with E-state index in [0.717, 1.165) is 31.1 Å². The Morgan fingerprint density at radius 3 is 2.48 bits per heavy atom. The van der Waals surface area contributed by atoms with Gasteiger partial charge in [-0.05, 0) is 36.1 Å². The first-order chi connectivity index (χ1) is 11.3. The molecule has 0 aliphatic carbocycles. The summed E-state index contributed by atoms with van der Waals surface area (Å²) in [7, 11) is 0. The summed E-state index contributed by atoms with van der Waals surface area (Å²) in [4.78, 5) is 7.14. The number of amidine groups is 1. The first-order valence-electron chi connectivity index (χ1n) is 8.02. The maximum Gasteiger partial charge on any atom is 0.159 e. The van der Waals surface area contributed by atoms with Crippen LogP contribution in [0.15, 0.2) is 59.6 Å². The van der Waals surface area contributed by atoms with Crippen LogP contribution in [0.25, 0.3) is 0 Å². The normalized spacial score (nSPS) is 14.4. The molecule has 2 nitrogen and oxygen atoms in total. The topological polar surface area (TPSA) is 15.6 Å². The quantitative estimate of drug-likeness (QED) is 0.768. The van der Waals surface area contributed by atoms with Crippen molar-refractivity contribution in [3.8, 4) is 0 Å². The number of hydrogen-bond acceptors (Lipinski definition) is 3. The van der Waals surface area contributed by atoms with Gasteiger partial charge >= 0.3 is 0 Å². The Labute approximate surface area is 147 Å². The number of hydrogen-bond donors (Lipinski definition) is 0. The molecule has 0 fully saturated rings. The van der Waals surface area contributed by atoms with Gasteiger partial charge in [-0.1, -0.05) is 65.8 Å². The molecule has 0 amide bonds. The van der Waals surface area contributed by atoms with Crippen molar-refractivity contribution in [1.29, 1.82) is 0 Å². The Morgan fingerprint density at radius 1 is 1.00 bits per heavy atom. The van der Waals surface area contributed by atoms with E-state index in [-0.39, 0.29) is 0 Å². The molecule has 0 radical (unpaired) electrons. The maximum atomic E-state index is 6.00. The largest absolute Gasteiger partial charge is 0.347 e. The fourth-order valence-electron chi connectivity index (χ4n) is 2.60. The first kappa shape index (κ1) is 16.4. The molecule has 2 aromatic carbocycles. The van der Waals surface area contributed by atoms with Gasteiger partial charge in [-0.3, -0.25) is 4.99 Å². The van der Waals surface area contributed by atoms with Gasteiger partial charge in [0.05, 0.1) is 0 Å². The summed E-state index contributed by atoms with van der Waals surface area (Å²) >= 11 is 7.88. The van der Waals surface area contributed by atoms with Crippen LogP contribution in [0.5, 0.6) is 0 Å². The van der Waals surface area contributed by atoms with Crippen LogP contribution >= 0.6 is 23.4 Å². The van der Waals surface area contributed by atoms with E-state index in [1.807, 2.05) is 23.9 Å². The molecule has 2 aromatic rings. The van der Waals surface area contributed by atoms with Crippen LogP contribution in [0.3, 0.4) is 0 Å². The lowest BCUT2D eigenvalue weighted by atomic mass is 10.1. The second kappa shape index (κ2) is 8.42. The van der Waals surface area contributed by atoms with E-state index >= 15 is 0 Å². The standard InChI is InChI=1S/C19H21ClN2S/c20-18-9-7-17(8-10-18)15-22(19-21-12-4-14-23-19)13-11-16-5-2-1-3-6-16/h1-3,5-10H,4,11-15H2. The summed E-state index contributed by atoms with van der Waals surface area (Å²) in [5.74, 6) is 1.17. The Morgan fingerprint density at radius 2 is 1.78 bits per heavy atom. The van der Waals surface area contributed by atoms with E-state index < -0.39 is 0 Å². The van der Waals surface area contributed by atoms with Crippen LogP contribution in [-0.4, -0.2) is 28.9 Å². The van der Waals surface area contributed by atoms with Gasteiger partial charge in [-0.15, -0.1) is 0 Å². The van der Waals surface area contributed by atoms with E-state index in [1.165, 1.54) is 28.5 Å². The van der Waals surface area contributed by atoms with E-state index in [2.05, 4.69) is 47.4 Å². The van der Waals surface area contributed by atoms with Crippen molar-refractivity contribution < 1.29 is 0 Å². The van der Waals surface area contributed by atoms with Gasteiger partial charge in [0.1, 0.15) is 0 Å². The predicted molar refractivity (Wildman–Crippen MR) is 101 cm³/mol. The van der Waals surface area contributed by atoms with Gasteiger partial charge in [0, 0.05) is 30.4 Å². The van der Waals surface area contributed by atoms with Crippen molar-refractivity contribution >= 4 is 28.5 Å². The lowest BCUT2D eigenvalue weighted by Crippen LogP contribution is -2.32. The molecule has 1 heterocycles. The molecule has 23 heavy (non-hydrogen) atoms. The highest BCUT2D eigenvalue weighted by Crippen LogP contribution is 2.19. The second-order valence-corrected chi connectivity index (χ2v) is 7.15. The van der Waals surface area contributed by atoms with Gasteiger partial charge in [-0.2, -0.15) is 0 Å². The number of thioether (sulfide) groups is 1. The lowest BCUT2D eigenvalue weighted by Gasteiger charge is -2.27. The van der Waals surface area contributed by atoms with Crippen molar-refractivity contribution in [2.45, 2.75) is 19.4 Å². The minimum atomic E-state index is 0.786. The molecule has 0 unspecified atom stereocenters. The summed E-state index contributed by atoms with van der Waals surface area (Å²) in [6, 6.07) is 18.8. The van der Waals surface area contributed by atoms with Crippen LogP contribution in [0.1, 0.15) is 17.5 Å². The third-order valence-electron chi connectivity index (χ3n) is 3.85. The minimum absolute atomic E-state index is 0.786. The molecule has 4 heteroatoms. The molecule has 1 aliphatic rings. The van der Waals surface area contributed by atoms with Crippen LogP contribution in [0.4, 0.5) is 0 Å². The highest BCUT2D eigenvalue weighted by Gasteiger charge is 2.15. The second-order valence-electron chi connectivity index (χ2n) is 5.65. The number of benzene rings is 2. The van der Waals surface area contributed by atoms with Crippen LogP contribution in [0.2, 0.25) is 5.02 Å². The molecule has 0 spiro atoms. The van der Waals surface area contributed by atoms with Gasteiger partial charge in [0.2, 0.25) is 0 Å². The van der Waals surface area contributed by atoms with Crippen molar-refractivity contribution in [3.63, 3.8) is 0 Å². The molecule has 0 aromatic heterocycles. The van der Waals surface area contributed by atoms with Crippen LogP contribution < -0.4 is 0 Å². The van der Waals surface area contributed by atoms with E-state index in [4.69, 9.17) is 16.6 Å². The lowest BCUT2D eigenvalue weighted by molar-refractivity contribution is 0.422. The number of nitrogens with zero attached hydrogens (tertiary/aromatic N) is 2. The fourth-order valence-corrected chi connectivity index (χ4v) is 3.70. The number of rotatable bonds is 5. The van der Waals surface area contributed by atoms with Crippen LogP contribution in [-0.2, 0) is 13.0 Å². The Hall–Kier alpha value is -1.45. The highest BCUT2D eigenvalue weighted by atomic mass is 35.5. The van der Waals surface area contributed by atoms with Gasteiger partial charge in [0.15, 0.2) is 5.17 Å². The average molecular weight is 345 g/mol. The SMILES string of the molecule is Clc1ccc(CN(CCc2ccccc2)C2=NCCCS2)cc1. The predicted octanol–water partition coefficient (Wildman–Crippen LogP) is 4.88. The molecule has 0 bridgehead atoms. The summed E-state index contributed by atoms with van der Waals surface area (Å²) < 4.78 is 0. The zero-order chi connectivity index (χ0) is 15.9. The van der Waals surface area contributed by atoms with Crippen molar-refractivity contribution in [1.82, 2.24) is 4.90 Å². The molecule has 120 valence electrons. The zero-order valence-corrected chi connectivity index (χ0v) is 14.7. The smallest absolute Gasteiger partial charge is 0.159 e. The Balaban J connectivity index is 1.70. The summed E-state index contributed by atoms with van der Waals surface area (Å²) in [5.41, 5.74) is 2.64. The summed E-state index contributed by atoms with van der Waals surface area (Å²) in [6.45, 7) is 2.82. The summed E-state index contributed by atoms with van der Waals surface area (Å²) in [6.07, 6.45) is 2.22. The van der Waals surface area contributed by atoms with Crippen molar-refractivity contribution in [2.75, 3.05) is 18.8 Å². The molecule has 3 rings (SSSR count). The zero-order valence-electron chi connectivity index (χ0n) is 13.1.